The van der Waals surface area contributed by atoms with Crippen LogP contribution in [0.4, 0.5) is 0 Å². The molecule has 1 unspecified atom stereocenters. The first kappa shape index (κ1) is 7.60. The van der Waals surface area contributed by atoms with Crippen molar-refractivity contribution in [3.05, 3.63) is 48.0 Å². The minimum atomic E-state index is 0.749. The average molecular weight is 158 g/mol. The Kier molecular flexibility index (Phi) is 1.99. The molecule has 0 aromatic heterocycles. The summed E-state index contributed by atoms with van der Waals surface area (Å²) in [4.78, 5) is 0. The summed E-state index contributed by atoms with van der Waals surface area (Å²) in [5.74, 6) is 0.749. The first-order chi connectivity index (χ1) is 5.86. The summed E-state index contributed by atoms with van der Waals surface area (Å²) >= 11 is 0. The molecule has 1 aliphatic rings. The minimum absolute atomic E-state index is 0.749. The lowest BCUT2D eigenvalue weighted by atomic mass is 9.98. The van der Waals surface area contributed by atoms with Crippen molar-refractivity contribution in [2.75, 3.05) is 0 Å². The molecule has 1 fully saturated rings. The zero-order valence-electron chi connectivity index (χ0n) is 7.29. The molecular weight excluding hydrogens is 144 g/mol. The Bertz CT molecular complexity index is 271. The van der Waals surface area contributed by atoms with Crippen LogP contribution in [-0.2, 0) is 0 Å². The molecule has 1 aromatic rings. The summed E-state index contributed by atoms with van der Waals surface area (Å²) in [5, 5.41) is 0. The largest absolute Gasteiger partial charge is 0.0998 e. The standard InChI is InChI=1S/C12H14/c1-10-7-8-12(9-10)11-5-3-2-4-6-11/h2-6,12H,1,7-9H2. The van der Waals surface area contributed by atoms with Gasteiger partial charge < -0.3 is 0 Å². The van der Waals surface area contributed by atoms with Crippen molar-refractivity contribution in [1.29, 1.82) is 0 Å². The third-order valence-corrected chi connectivity index (χ3v) is 2.65. The average Bonchev–Trinajstić information content (AvgIpc) is 2.54. The first-order valence-corrected chi connectivity index (χ1v) is 4.58. The summed E-state index contributed by atoms with van der Waals surface area (Å²) in [6.45, 7) is 4.03. The maximum absolute atomic E-state index is 4.03. The third kappa shape index (κ3) is 1.42. The summed E-state index contributed by atoms with van der Waals surface area (Å²) in [5.41, 5.74) is 2.90. The minimum Gasteiger partial charge on any atom is -0.0998 e. The van der Waals surface area contributed by atoms with Crippen molar-refractivity contribution in [3.8, 4) is 0 Å². The number of rotatable bonds is 1. The van der Waals surface area contributed by atoms with Crippen LogP contribution in [0.5, 0.6) is 0 Å². The van der Waals surface area contributed by atoms with Gasteiger partial charge in [0.2, 0.25) is 0 Å². The molecule has 1 aliphatic carbocycles. The van der Waals surface area contributed by atoms with Crippen molar-refractivity contribution in [2.24, 2.45) is 0 Å². The van der Waals surface area contributed by atoms with E-state index in [1.165, 1.54) is 30.4 Å². The van der Waals surface area contributed by atoms with Crippen LogP contribution in [0.1, 0.15) is 30.7 Å². The van der Waals surface area contributed by atoms with Gasteiger partial charge in [-0.15, -0.1) is 0 Å². The number of hydrogen-bond acceptors (Lipinski definition) is 0. The molecule has 0 radical (unpaired) electrons. The number of hydrogen-bond donors (Lipinski definition) is 0. The Morgan fingerprint density at radius 2 is 1.92 bits per heavy atom. The van der Waals surface area contributed by atoms with Crippen LogP contribution in [0, 0.1) is 0 Å². The highest BCUT2D eigenvalue weighted by Gasteiger charge is 2.18. The molecule has 0 N–H and O–H groups in total. The van der Waals surface area contributed by atoms with Gasteiger partial charge in [0.25, 0.3) is 0 Å². The lowest BCUT2D eigenvalue weighted by molar-refractivity contribution is 0.730. The smallest absolute Gasteiger partial charge is 0.0122 e. The lowest BCUT2D eigenvalue weighted by Gasteiger charge is -2.07. The van der Waals surface area contributed by atoms with E-state index in [1.54, 1.807) is 0 Å². The molecule has 0 heterocycles. The fourth-order valence-electron chi connectivity index (χ4n) is 1.94. The van der Waals surface area contributed by atoms with E-state index >= 15 is 0 Å². The Morgan fingerprint density at radius 1 is 1.17 bits per heavy atom. The second-order valence-electron chi connectivity index (χ2n) is 3.60. The third-order valence-electron chi connectivity index (χ3n) is 2.65. The second-order valence-corrected chi connectivity index (χ2v) is 3.60. The fourth-order valence-corrected chi connectivity index (χ4v) is 1.94. The molecule has 1 atom stereocenters. The van der Waals surface area contributed by atoms with Gasteiger partial charge in [-0.05, 0) is 30.7 Å². The van der Waals surface area contributed by atoms with Gasteiger partial charge in [0, 0.05) is 0 Å². The molecular formula is C12H14. The second kappa shape index (κ2) is 3.14. The molecule has 0 amide bonds. The molecule has 0 aliphatic heterocycles. The van der Waals surface area contributed by atoms with Gasteiger partial charge in [-0.2, -0.15) is 0 Å². The quantitative estimate of drug-likeness (QED) is 0.549. The van der Waals surface area contributed by atoms with E-state index in [1.807, 2.05) is 0 Å². The van der Waals surface area contributed by atoms with Crippen molar-refractivity contribution >= 4 is 0 Å². The maximum Gasteiger partial charge on any atom is -0.0122 e. The molecule has 1 saturated carbocycles. The fraction of sp³-hybridized carbons (Fsp3) is 0.333. The molecule has 0 nitrogen and oxygen atoms in total. The van der Waals surface area contributed by atoms with Crippen LogP contribution in [-0.4, -0.2) is 0 Å². The molecule has 0 heteroatoms. The predicted molar refractivity (Wildman–Crippen MR) is 52.2 cm³/mol. The highest BCUT2D eigenvalue weighted by Crippen LogP contribution is 2.36. The van der Waals surface area contributed by atoms with Crippen molar-refractivity contribution < 1.29 is 0 Å². The van der Waals surface area contributed by atoms with Crippen LogP contribution < -0.4 is 0 Å². The van der Waals surface area contributed by atoms with Gasteiger partial charge in [0.1, 0.15) is 0 Å². The van der Waals surface area contributed by atoms with E-state index in [0.717, 1.165) is 5.92 Å². The summed E-state index contributed by atoms with van der Waals surface area (Å²) in [7, 11) is 0. The van der Waals surface area contributed by atoms with E-state index < -0.39 is 0 Å². The maximum atomic E-state index is 4.03. The van der Waals surface area contributed by atoms with Crippen LogP contribution in [0.3, 0.4) is 0 Å². The summed E-state index contributed by atoms with van der Waals surface area (Å²) in [6, 6.07) is 10.8. The van der Waals surface area contributed by atoms with Gasteiger partial charge >= 0.3 is 0 Å². The normalized spacial score (nSPS) is 23.0. The van der Waals surface area contributed by atoms with Crippen molar-refractivity contribution in [1.82, 2.24) is 0 Å². The van der Waals surface area contributed by atoms with Crippen molar-refractivity contribution in [2.45, 2.75) is 25.2 Å². The Labute approximate surface area is 73.9 Å². The van der Waals surface area contributed by atoms with Crippen LogP contribution in [0.15, 0.2) is 42.5 Å². The lowest BCUT2D eigenvalue weighted by Crippen LogP contribution is -1.90. The molecule has 12 heavy (non-hydrogen) atoms. The van der Waals surface area contributed by atoms with Gasteiger partial charge in [-0.25, -0.2) is 0 Å². The number of allylic oxidation sites excluding steroid dienone is 1. The molecule has 62 valence electrons. The molecule has 0 spiro atoms. The van der Waals surface area contributed by atoms with E-state index in [0.29, 0.717) is 0 Å². The summed E-state index contributed by atoms with van der Waals surface area (Å²) < 4.78 is 0. The molecule has 0 bridgehead atoms. The SMILES string of the molecule is C=C1CCC(c2ccccc2)C1. The van der Waals surface area contributed by atoms with Gasteiger partial charge in [0.15, 0.2) is 0 Å². The van der Waals surface area contributed by atoms with Crippen LogP contribution >= 0.6 is 0 Å². The highest BCUT2D eigenvalue weighted by atomic mass is 14.2. The molecule has 2 rings (SSSR count). The topological polar surface area (TPSA) is 0 Å². The Hall–Kier alpha value is -1.04. The number of benzene rings is 1. The zero-order valence-corrected chi connectivity index (χ0v) is 7.29. The van der Waals surface area contributed by atoms with Gasteiger partial charge in [0.05, 0.1) is 0 Å². The Balaban J connectivity index is 2.16. The van der Waals surface area contributed by atoms with Crippen LogP contribution in [0.2, 0.25) is 0 Å². The van der Waals surface area contributed by atoms with E-state index in [4.69, 9.17) is 0 Å². The monoisotopic (exact) mass is 158 g/mol. The van der Waals surface area contributed by atoms with Crippen molar-refractivity contribution in [3.63, 3.8) is 0 Å². The van der Waals surface area contributed by atoms with Gasteiger partial charge in [-0.1, -0.05) is 42.5 Å². The van der Waals surface area contributed by atoms with Gasteiger partial charge in [-0.3, -0.25) is 0 Å². The zero-order chi connectivity index (χ0) is 8.39. The molecule has 0 saturated heterocycles. The first-order valence-electron chi connectivity index (χ1n) is 4.58. The predicted octanol–water partition coefficient (Wildman–Crippen LogP) is 3.51. The van der Waals surface area contributed by atoms with E-state index in [2.05, 4.69) is 36.9 Å². The Morgan fingerprint density at radius 3 is 2.50 bits per heavy atom. The van der Waals surface area contributed by atoms with E-state index in [-0.39, 0.29) is 0 Å². The van der Waals surface area contributed by atoms with Crippen LogP contribution in [0.25, 0.3) is 0 Å². The highest BCUT2D eigenvalue weighted by molar-refractivity contribution is 5.24. The molecule has 1 aromatic carbocycles. The van der Waals surface area contributed by atoms with E-state index in [9.17, 15) is 0 Å². The summed E-state index contributed by atoms with van der Waals surface area (Å²) in [6.07, 6.45) is 3.71.